The van der Waals surface area contributed by atoms with Gasteiger partial charge in [-0.2, -0.15) is 0 Å². The molecule has 0 atom stereocenters. The van der Waals surface area contributed by atoms with Crippen molar-refractivity contribution in [2.75, 3.05) is 20.7 Å². The Bertz CT molecular complexity index is 402. The molecule has 1 aromatic rings. The van der Waals surface area contributed by atoms with Gasteiger partial charge in [-0.05, 0) is 62.0 Å². The molecule has 0 aromatic heterocycles. The second-order valence-electron chi connectivity index (χ2n) is 5.61. The summed E-state index contributed by atoms with van der Waals surface area (Å²) in [5, 5.41) is 3.25. The molecular formula is C15H24BrNO. The molecule has 0 aliphatic carbocycles. The summed E-state index contributed by atoms with van der Waals surface area (Å²) in [5.74, 6) is 0.996. The predicted octanol–water partition coefficient (Wildman–Crippen LogP) is 3.94. The summed E-state index contributed by atoms with van der Waals surface area (Å²) in [4.78, 5) is 0. The molecule has 3 heteroatoms. The van der Waals surface area contributed by atoms with E-state index in [0.717, 1.165) is 29.6 Å². The summed E-state index contributed by atoms with van der Waals surface area (Å²) in [6, 6.07) is 4.29. The Morgan fingerprint density at radius 3 is 2.56 bits per heavy atom. The van der Waals surface area contributed by atoms with Crippen molar-refractivity contribution in [3.05, 3.63) is 27.7 Å². The van der Waals surface area contributed by atoms with Gasteiger partial charge in [-0.15, -0.1) is 0 Å². The minimum absolute atomic E-state index is 0.303. The van der Waals surface area contributed by atoms with Crippen LogP contribution in [0.3, 0.4) is 0 Å². The average Bonchev–Trinajstić information content (AvgIpc) is 2.30. The Hall–Kier alpha value is -0.540. The molecule has 102 valence electrons. The fourth-order valence-electron chi connectivity index (χ4n) is 2.12. The van der Waals surface area contributed by atoms with Crippen molar-refractivity contribution in [3.63, 3.8) is 0 Å². The van der Waals surface area contributed by atoms with E-state index in [0.29, 0.717) is 5.41 Å². The maximum Gasteiger partial charge on any atom is 0.122 e. The average molecular weight is 314 g/mol. The van der Waals surface area contributed by atoms with E-state index in [1.807, 2.05) is 7.05 Å². The monoisotopic (exact) mass is 313 g/mol. The third-order valence-electron chi connectivity index (χ3n) is 3.29. The molecular weight excluding hydrogens is 290 g/mol. The van der Waals surface area contributed by atoms with Crippen LogP contribution in [-0.2, 0) is 6.42 Å². The van der Waals surface area contributed by atoms with Crippen LogP contribution in [0.25, 0.3) is 0 Å². The normalized spacial score (nSPS) is 11.7. The van der Waals surface area contributed by atoms with Crippen LogP contribution in [-0.4, -0.2) is 20.7 Å². The van der Waals surface area contributed by atoms with Crippen LogP contribution in [0, 0.1) is 12.3 Å². The molecule has 1 rings (SSSR count). The molecule has 18 heavy (non-hydrogen) atoms. The summed E-state index contributed by atoms with van der Waals surface area (Å²) >= 11 is 3.59. The number of nitrogens with one attached hydrogen (secondary N) is 1. The zero-order valence-corrected chi connectivity index (χ0v) is 13.6. The molecule has 0 radical (unpaired) electrons. The molecule has 2 nitrogen and oxygen atoms in total. The Kier molecular flexibility index (Phi) is 5.67. The zero-order valence-electron chi connectivity index (χ0n) is 12.1. The second-order valence-corrected chi connectivity index (χ2v) is 6.46. The van der Waals surface area contributed by atoms with E-state index in [4.69, 9.17) is 4.74 Å². The third-order valence-corrected chi connectivity index (χ3v) is 4.14. The van der Waals surface area contributed by atoms with E-state index in [-0.39, 0.29) is 0 Å². The molecule has 0 bridgehead atoms. The van der Waals surface area contributed by atoms with Gasteiger partial charge in [-0.3, -0.25) is 0 Å². The lowest BCUT2D eigenvalue weighted by Crippen LogP contribution is -2.27. The van der Waals surface area contributed by atoms with E-state index in [9.17, 15) is 0 Å². The summed E-state index contributed by atoms with van der Waals surface area (Å²) < 4.78 is 6.63. The van der Waals surface area contributed by atoms with E-state index < -0.39 is 0 Å². The summed E-state index contributed by atoms with van der Waals surface area (Å²) in [6.45, 7) is 7.70. The second kappa shape index (κ2) is 6.58. The van der Waals surface area contributed by atoms with Gasteiger partial charge in [0.25, 0.3) is 0 Å². The van der Waals surface area contributed by atoms with Crippen LogP contribution >= 0.6 is 15.9 Å². The Morgan fingerprint density at radius 2 is 2.00 bits per heavy atom. The lowest BCUT2D eigenvalue weighted by Gasteiger charge is -2.24. The van der Waals surface area contributed by atoms with Crippen molar-refractivity contribution in [1.82, 2.24) is 5.32 Å². The quantitative estimate of drug-likeness (QED) is 0.858. The van der Waals surface area contributed by atoms with Gasteiger partial charge in [0.05, 0.1) is 7.11 Å². The summed E-state index contributed by atoms with van der Waals surface area (Å²) in [7, 11) is 3.75. The molecule has 0 spiro atoms. The lowest BCUT2D eigenvalue weighted by atomic mass is 9.86. The molecule has 0 fully saturated rings. The molecule has 1 aromatic carbocycles. The fourth-order valence-corrected chi connectivity index (χ4v) is 2.51. The highest BCUT2D eigenvalue weighted by Gasteiger charge is 2.18. The fraction of sp³-hybridized carbons (Fsp3) is 0.600. The van der Waals surface area contributed by atoms with Crippen LogP contribution in [0.1, 0.15) is 31.4 Å². The number of halogens is 1. The van der Waals surface area contributed by atoms with Crippen molar-refractivity contribution in [2.45, 2.75) is 33.6 Å². The molecule has 0 aliphatic heterocycles. The van der Waals surface area contributed by atoms with Crippen molar-refractivity contribution in [2.24, 2.45) is 5.41 Å². The molecule has 0 amide bonds. The highest BCUT2D eigenvalue weighted by molar-refractivity contribution is 9.10. The number of methoxy groups -OCH3 is 1. The highest BCUT2D eigenvalue weighted by Crippen LogP contribution is 2.30. The van der Waals surface area contributed by atoms with Crippen molar-refractivity contribution in [1.29, 1.82) is 0 Å². The molecule has 0 saturated carbocycles. The van der Waals surface area contributed by atoms with Gasteiger partial charge in [0.1, 0.15) is 5.75 Å². The standard InChI is InChI=1S/C15H24BrNO/c1-11-8-14(18-5)12(9-13(11)16)6-7-15(2,3)10-17-4/h8-9,17H,6-7,10H2,1-5H3. The Balaban J connectivity index is 2.81. The molecule has 0 heterocycles. The largest absolute Gasteiger partial charge is 0.496 e. The SMILES string of the molecule is CNCC(C)(C)CCc1cc(Br)c(C)cc1OC. The summed E-state index contributed by atoms with van der Waals surface area (Å²) in [6.07, 6.45) is 2.18. The van der Waals surface area contributed by atoms with E-state index in [1.165, 1.54) is 11.1 Å². The Labute approximate surface area is 119 Å². The van der Waals surface area contributed by atoms with Gasteiger partial charge in [0.2, 0.25) is 0 Å². The van der Waals surface area contributed by atoms with Gasteiger partial charge in [0.15, 0.2) is 0 Å². The smallest absolute Gasteiger partial charge is 0.122 e. The number of hydrogen-bond acceptors (Lipinski definition) is 2. The molecule has 1 N–H and O–H groups in total. The van der Waals surface area contributed by atoms with Crippen LogP contribution in [0.2, 0.25) is 0 Å². The first-order valence-corrected chi connectivity index (χ1v) is 7.16. The van der Waals surface area contributed by atoms with Gasteiger partial charge in [-0.1, -0.05) is 29.8 Å². The minimum Gasteiger partial charge on any atom is -0.496 e. The number of hydrogen-bond donors (Lipinski definition) is 1. The molecule has 0 unspecified atom stereocenters. The maximum atomic E-state index is 5.47. The zero-order chi connectivity index (χ0) is 13.8. The van der Waals surface area contributed by atoms with E-state index >= 15 is 0 Å². The predicted molar refractivity (Wildman–Crippen MR) is 81.5 cm³/mol. The number of benzene rings is 1. The van der Waals surface area contributed by atoms with Crippen LogP contribution in [0.15, 0.2) is 16.6 Å². The molecule has 0 saturated heterocycles. The third kappa shape index (κ3) is 4.29. The van der Waals surface area contributed by atoms with E-state index in [1.54, 1.807) is 7.11 Å². The molecule has 0 aliphatic rings. The number of rotatable bonds is 6. The Morgan fingerprint density at radius 1 is 1.33 bits per heavy atom. The first kappa shape index (κ1) is 15.5. The minimum atomic E-state index is 0.303. The number of ether oxygens (including phenoxy) is 1. The van der Waals surface area contributed by atoms with Crippen LogP contribution < -0.4 is 10.1 Å². The van der Waals surface area contributed by atoms with Gasteiger partial charge in [0, 0.05) is 4.47 Å². The summed E-state index contributed by atoms with van der Waals surface area (Å²) in [5.41, 5.74) is 2.79. The first-order valence-electron chi connectivity index (χ1n) is 6.37. The van der Waals surface area contributed by atoms with Crippen molar-refractivity contribution < 1.29 is 4.74 Å². The maximum absolute atomic E-state index is 5.47. The van der Waals surface area contributed by atoms with Gasteiger partial charge >= 0.3 is 0 Å². The van der Waals surface area contributed by atoms with Crippen LogP contribution in [0.4, 0.5) is 0 Å². The van der Waals surface area contributed by atoms with E-state index in [2.05, 4.69) is 54.2 Å². The van der Waals surface area contributed by atoms with Gasteiger partial charge < -0.3 is 10.1 Å². The topological polar surface area (TPSA) is 21.3 Å². The van der Waals surface area contributed by atoms with Gasteiger partial charge in [-0.25, -0.2) is 0 Å². The lowest BCUT2D eigenvalue weighted by molar-refractivity contribution is 0.321. The number of aryl methyl sites for hydroxylation is 2. The highest BCUT2D eigenvalue weighted by atomic mass is 79.9. The van der Waals surface area contributed by atoms with Crippen LogP contribution in [0.5, 0.6) is 5.75 Å². The first-order chi connectivity index (χ1) is 8.39. The van der Waals surface area contributed by atoms with Crippen molar-refractivity contribution >= 4 is 15.9 Å². The van der Waals surface area contributed by atoms with Crippen molar-refractivity contribution in [3.8, 4) is 5.75 Å².